The fourth-order valence-corrected chi connectivity index (χ4v) is 4.38. The number of rotatable bonds is 1. The maximum Gasteiger partial charge on any atom is 0.173 e. The molecular weight excluding hydrogens is 288 g/mol. The van der Waals surface area contributed by atoms with Gasteiger partial charge in [0.25, 0.3) is 0 Å². The first-order valence-corrected chi connectivity index (χ1v) is 7.97. The molecule has 1 aromatic carbocycles. The van der Waals surface area contributed by atoms with Gasteiger partial charge in [-0.05, 0) is 41.7 Å². The van der Waals surface area contributed by atoms with Crippen molar-refractivity contribution >= 4 is 28.7 Å². The second-order valence-electron chi connectivity index (χ2n) is 6.21. The molecule has 3 rings (SSSR count). The normalized spacial score (nSPS) is 20.8. The van der Waals surface area contributed by atoms with Crippen LogP contribution in [0, 0.1) is 12.3 Å². The summed E-state index contributed by atoms with van der Waals surface area (Å²) in [6.45, 7) is 6.43. The lowest BCUT2D eigenvalue weighted by atomic mass is 9.65. The van der Waals surface area contributed by atoms with Crippen LogP contribution in [0.15, 0.2) is 30.3 Å². The van der Waals surface area contributed by atoms with Gasteiger partial charge in [0.2, 0.25) is 0 Å². The Balaban J connectivity index is 2.18. The van der Waals surface area contributed by atoms with Crippen LogP contribution < -0.4 is 0 Å². The molecule has 0 bridgehead atoms. The van der Waals surface area contributed by atoms with Gasteiger partial charge in [0.05, 0.1) is 4.88 Å². The molecule has 20 heavy (non-hydrogen) atoms. The predicted octanol–water partition coefficient (Wildman–Crippen LogP) is 5.45. The Morgan fingerprint density at radius 3 is 2.55 bits per heavy atom. The smallest absolute Gasteiger partial charge is 0.173 e. The topological polar surface area (TPSA) is 17.1 Å². The molecule has 104 valence electrons. The lowest BCUT2D eigenvalue weighted by Crippen LogP contribution is -2.31. The van der Waals surface area contributed by atoms with E-state index in [0.717, 1.165) is 9.90 Å². The van der Waals surface area contributed by atoms with Gasteiger partial charge in [-0.25, -0.2) is 0 Å². The van der Waals surface area contributed by atoms with E-state index in [1.165, 1.54) is 16.0 Å². The van der Waals surface area contributed by atoms with Gasteiger partial charge in [0.1, 0.15) is 0 Å². The van der Waals surface area contributed by atoms with E-state index in [9.17, 15) is 4.79 Å². The highest BCUT2D eigenvalue weighted by Crippen LogP contribution is 2.50. The van der Waals surface area contributed by atoms with E-state index in [4.69, 9.17) is 11.6 Å². The van der Waals surface area contributed by atoms with Crippen molar-refractivity contribution in [2.75, 3.05) is 0 Å². The number of hydrogen-bond donors (Lipinski definition) is 0. The van der Waals surface area contributed by atoms with Crippen molar-refractivity contribution in [3.8, 4) is 0 Å². The number of hydrogen-bond acceptors (Lipinski definition) is 2. The molecule has 0 aliphatic heterocycles. The van der Waals surface area contributed by atoms with Crippen LogP contribution in [-0.2, 0) is 0 Å². The quantitative estimate of drug-likeness (QED) is 0.684. The number of fused-ring (bicyclic) bond motifs is 1. The predicted molar refractivity (Wildman–Crippen MR) is 85.1 cm³/mol. The summed E-state index contributed by atoms with van der Waals surface area (Å²) in [7, 11) is 0. The summed E-state index contributed by atoms with van der Waals surface area (Å²) in [5.41, 5.74) is 2.37. The van der Waals surface area contributed by atoms with E-state index < -0.39 is 0 Å². The van der Waals surface area contributed by atoms with Gasteiger partial charge in [0, 0.05) is 22.2 Å². The van der Waals surface area contributed by atoms with E-state index in [-0.39, 0.29) is 17.1 Å². The van der Waals surface area contributed by atoms with Crippen molar-refractivity contribution in [3.05, 3.63) is 56.2 Å². The Bertz CT molecular complexity index is 667. The minimum absolute atomic E-state index is 0.0641. The van der Waals surface area contributed by atoms with Crippen LogP contribution in [0.25, 0.3) is 0 Å². The highest BCUT2D eigenvalue weighted by Gasteiger charge is 2.41. The minimum Gasteiger partial charge on any atom is -0.293 e. The number of ketones is 1. The first-order valence-electron chi connectivity index (χ1n) is 6.77. The van der Waals surface area contributed by atoms with Gasteiger partial charge in [-0.3, -0.25) is 4.79 Å². The fraction of sp³-hybridized carbons (Fsp3) is 0.353. The summed E-state index contributed by atoms with van der Waals surface area (Å²) in [6, 6.07) is 10.2. The molecule has 1 atom stereocenters. The second-order valence-corrected chi connectivity index (χ2v) is 7.91. The van der Waals surface area contributed by atoms with Crippen molar-refractivity contribution < 1.29 is 4.79 Å². The van der Waals surface area contributed by atoms with E-state index in [1.54, 1.807) is 11.3 Å². The third-order valence-electron chi connectivity index (χ3n) is 4.05. The highest BCUT2D eigenvalue weighted by molar-refractivity contribution is 7.14. The van der Waals surface area contributed by atoms with E-state index >= 15 is 0 Å². The molecule has 0 radical (unpaired) electrons. The fourth-order valence-electron chi connectivity index (χ4n) is 3.27. The molecule has 1 nitrogen and oxygen atoms in total. The molecule has 0 amide bonds. The third kappa shape index (κ3) is 2.21. The SMILES string of the molecule is Cc1cc2c(s1)C(=O)CC(C)(C)C2c1ccc(Cl)cc1. The van der Waals surface area contributed by atoms with Gasteiger partial charge in [-0.2, -0.15) is 0 Å². The number of Topliss-reactive ketones (excluding diaryl/α,β-unsaturated/α-hetero) is 1. The number of benzene rings is 1. The monoisotopic (exact) mass is 304 g/mol. The largest absolute Gasteiger partial charge is 0.293 e. The van der Waals surface area contributed by atoms with Crippen LogP contribution in [0.1, 0.15) is 51.9 Å². The molecule has 2 aromatic rings. The molecule has 1 aromatic heterocycles. The zero-order valence-corrected chi connectivity index (χ0v) is 13.4. The van der Waals surface area contributed by atoms with Crippen LogP contribution in [-0.4, -0.2) is 5.78 Å². The molecule has 1 unspecified atom stereocenters. The van der Waals surface area contributed by atoms with Gasteiger partial charge >= 0.3 is 0 Å². The maximum absolute atomic E-state index is 12.3. The minimum atomic E-state index is -0.0641. The van der Waals surface area contributed by atoms with Gasteiger partial charge in [0.15, 0.2) is 5.78 Å². The Labute approximate surface area is 128 Å². The van der Waals surface area contributed by atoms with Gasteiger partial charge < -0.3 is 0 Å². The van der Waals surface area contributed by atoms with Crippen LogP contribution in [0.3, 0.4) is 0 Å². The summed E-state index contributed by atoms with van der Waals surface area (Å²) in [4.78, 5) is 14.5. The molecule has 0 spiro atoms. The first-order chi connectivity index (χ1) is 9.38. The summed E-state index contributed by atoms with van der Waals surface area (Å²) < 4.78 is 0. The summed E-state index contributed by atoms with van der Waals surface area (Å²) in [5.74, 6) is 0.547. The number of aryl methyl sites for hydroxylation is 1. The molecule has 1 aliphatic carbocycles. The zero-order valence-electron chi connectivity index (χ0n) is 11.9. The average molecular weight is 305 g/mol. The van der Waals surface area contributed by atoms with Crippen LogP contribution >= 0.6 is 22.9 Å². The van der Waals surface area contributed by atoms with E-state index in [1.807, 2.05) is 12.1 Å². The molecule has 0 fully saturated rings. The standard InChI is InChI=1S/C17H17ClOS/c1-10-8-13-15(11-4-6-12(18)7-5-11)17(2,3)9-14(19)16(13)20-10/h4-8,15H,9H2,1-3H3. The van der Waals surface area contributed by atoms with Crippen LogP contribution in [0.4, 0.5) is 0 Å². The molecule has 1 aliphatic rings. The van der Waals surface area contributed by atoms with Crippen molar-refractivity contribution in [1.82, 2.24) is 0 Å². The van der Waals surface area contributed by atoms with Crippen molar-refractivity contribution in [1.29, 1.82) is 0 Å². The molecule has 3 heteroatoms. The molecular formula is C17H17ClOS. The third-order valence-corrected chi connectivity index (χ3v) is 5.41. The van der Waals surface area contributed by atoms with Gasteiger partial charge in [-0.1, -0.05) is 37.6 Å². The Kier molecular flexibility index (Phi) is 3.26. The summed E-state index contributed by atoms with van der Waals surface area (Å²) >= 11 is 7.62. The zero-order chi connectivity index (χ0) is 14.5. The highest BCUT2D eigenvalue weighted by atomic mass is 35.5. The van der Waals surface area contributed by atoms with Crippen LogP contribution in [0.2, 0.25) is 5.02 Å². The van der Waals surface area contributed by atoms with E-state index in [2.05, 4.69) is 39.0 Å². The van der Waals surface area contributed by atoms with Crippen molar-refractivity contribution in [2.24, 2.45) is 5.41 Å². The maximum atomic E-state index is 12.3. The lowest BCUT2D eigenvalue weighted by Gasteiger charge is -2.38. The number of carbonyl (C=O) groups excluding carboxylic acids is 1. The average Bonchev–Trinajstić information content (AvgIpc) is 2.72. The Hall–Kier alpha value is -1.12. The number of thiophene rings is 1. The molecule has 0 N–H and O–H groups in total. The molecule has 0 saturated carbocycles. The van der Waals surface area contributed by atoms with Crippen LogP contribution in [0.5, 0.6) is 0 Å². The Morgan fingerprint density at radius 2 is 1.90 bits per heavy atom. The Morgan fingerprint density at radius 1 is 1.25 bits per heavy atom. The lowest BCUT2D eigenvalue weighted by molar-refractivity contribution is 0.0903. The summed E-state index contributed by atoms with van der Waals surface area (Å²) in [6.07, 6.45) is 0.604. The number of carbonyl (C=O) groups is 1. The first kappa shape index (κ1) is 13.8. The van der Waals surface area contributed by atoms with E-state index in [0.29, 0.717) is 6.42 Å². The second kappa shape index (κ2) is 4.71. The van der Waals surface area contributed by atoms with Crippen molar-refractivity contribution in [3.63, 3.8) is 0 Å². The van der Waals surface area contributed by atoms with Crippen molar-refractivity contribution in [2.45, 2.75) is 33.1 Å². The molecule has 0 saturated heterocycles. The molecule has 1 heterocycles. The summed E-state index contributed by atoms with van der Waals surface area (Å²) in [5, 5.41) is 0.750. The number of halogens is 1. The van der Waals surface area contributed by atoms with Gasteiger partial charge in [-0.15, -0.1) is 11.3 Å².